The van der Waals surface area contributed by atoms with Crippen LogP contribution in [0, 0.1) is 0 Å². The van der Waals surface area contributed by atoms with Gasteiger partial charge in [-0.2, -0.15) is 0 Å². The number of hydrogen-bond donors (Lipinski definition) is 1. The summed E-state index contributed by atoms with van der Waals surface area (Å²) in [6, 6.07) is 6.23. The minimum absolute atomic E-state index is 0.120. The van der Waals surface area contributed by atoms with Crippen LogP contribution in [0.3, 0.4) is 0 Å². The Labute approximate surface area is 119 Å². The number of nitrogens with zero attached hydrogens (tertiary/aromatic N) is 1. The van der Waals surface area contributed by atoms with Crippen molar-refractivity contribution in [3.05, 3.63) is 29.8 Å². The van der Waals surface area contributed by atoms with Crippen LogP contribution < -0.4 is 5.32 Å². The van der Waals surface area contributed by atoms with Crippen LogP contribution in [-0.4, -0.2) is 50.7 Å². The van der Waals surface area contributed by atoms with E-state index in [1.54, 1.807) is 17.0 Å². The van der Waals surface area contributed by atoms with E-state index in [-0.39, 0.29) is 16.3 Å². The van der Waals surface area contributed by atoms with E-state index < -0.39 is 9.84 Å². The molecular formula is C14H20N2O3S. The van der Waals surface area contributed by atoms with Crippen molar-refractivity contribution >= 4 is 15.7 Å². The average molecular weight is 296 g/mol. The SMILES string of the molecule is CC1(C)CN(C(=O)c2cccc(S(C)(=O)=O)c2)CCN1. The summed E-state index contributed by atoms with van der Waals surface area (Å²) in [4.78, 5) is 14.4. The maximum absolute atomic E-state index is 12.5. The Hall–Kier alpha value is -1.40. The normalized spacial score (nSPS) is 18.9. The van der Waals surface area contributed by atoms with Crippen molar-refractivity contribution in [2.75, 3.05) is 25.9 Å². The lowest BCUT2D eigenvalue weighted by Gasteiger charge is -2.39. The molecular weight excluding hydrogens is 276 g/mol. The van der Waals surface area contributed by atoms with Gasteiger partial charge in [0.05, 0.1) is 4.90 Å². The van der Waals surface area contributed by atoms with Crippen molar-refractivity contribution in [2.24, 2.45) is 0 Å². The summed E-state index contributed by atoms with van der Waals surface area (Å²) in [6.45, 7) is 6.06. The summed E-state index contributed by atoms with van der Waals surface area (Å²) in [5, 5.41) is 3.34. The van der Waals surface area contributed by atoms with E-state index in [9.17, 15) is 13.2 Å². The van der Waals surface area contributed by atoms with Crippen molar-refractivity contribution in [2.45, 2.75) is 24.3 Å². The molecule has 0 unspecified atom stereocenters. The topological polar surface area (TPSA) is 66.5 Å². The summed E-state index contributed by atoms with van der Waals surface area (Å²) in [5.74, 6) is -0.120. The number of benzene rings is 1. The van der Waals surface area contributed by atoms with Gasteiger partial charge >= 0.3 is 0 Å². The molecule has 1 saturated heterocycles. The number of carbonyl (C=O) groups is 1. The quantitative estimate of drug-likeness (QED) is 0.881. The van der Waals surface area contributed by atoms with E-state index >= 15 is 0 Å². The van der Waals surface area contributed by atoms with Gasteiger partial charge in [-0.3, -0.25) is 4.79 Å². The van der Waals surface area contributed by atoms with Crippen LogP contribution in [0.2, 0.25) is 0 Å². The van der Waals surface area contributed by atoms with Crippen LogP contribution in [0.25, 0.3) is 0 Å². The van der Waals surface area contributed by atoms with Crippen LogP contribution >= 0.6 is 0 Å². The smallest absolute Gasteiger partial charge is 0.254 e. The maximum atomic E-state index is 12.5. The molecule has 110 valence electrons. The first kappa shape index (κ1) is 15.0. The third-order valence-electron chi connectivity index (χ3n) is 3.37. The number of piperazine rings is 1. The van der Waals surface area contributed by atoms with Gasteiger partial charge in [0.1, 0.15) is 0 Å². The van der Waals surface area contributed by atoms with Gasteiger partial charge in [-0.25, -0.2) is 8.42 Å². The van der Waals surface area contributed by atoms with Crippen molar-refractivity contribution in [3.63, 3.8) is 0 Å². The molecule has 0 aliphatic carbocycles. The molecule has 0 bridgehead atoms. The van der Waals surface area contributed by atoms with E-state index in [0.717, 1.165) is 12.8 Å². The molecule has 1 amide bonds. The van der Waals surface area contributed by atoms with E-state index in [0.29, 0.717) is 18.7 Å². The highest BCUT2D eigenvalue weighted by atomic mass is 32.2. The van der Waals surface area contributed by atoms with Gasteiger partial charge in [0.2, 0.25) is 0 Å². The number of amides is 1. The maximum Gasteiger partial charge on any atom is 0.254 e. The van der Waals surface area contributed by atoms with Crippen molar-refractivity contribution < 1.29 is 13.2 Å². The second-order valence-electron chi connectivity index (χ2n) is 5.84. The van der Waals surface area contributed by atoms with Crippen molar-refractivity contribution in [1.82, 2.24) is 10.2 Å². The first-order chi connectivity index (χ1) is 9.19. The fraction of sp³-hybridized carbons (Fsp3) is 0.500. The van der Waals surface area contributed by atoms with E-state index in [2.05, 4.69) is 5.32 Å². The minimum Gasteiger partial charge on any atom is -0.336 e. The Morgan fingerprint density at radius 2 is 2.05 bits per heavy atom. The molecule has 20 heavy (non-hydrogen) atoms. The zero-order valence-corrected chi connectivity index (χ0v) is 12.8. The summed E-state index contributed by atoms with van der Waals surface area (Å²) >= 11 is 0. The Kier molecular flexibility index (Phi) is 3.88. The second-order valence-corrected chi connectivity index (χ2v) is 7.85. The van der Waals surface area contributed by atoms with Gasteiger partial charge in [0.25, 0.3) is 5.91 Å². The van der Waals surface area contributed by atoms with E-state index in [4.69, 9.17) is 0 Å². The van der Waals surface area contributed by atoms with Gasteiger partial charge in [0.15, 0.2) is 9.84 Å². The highest BCUT2D eigenvalue weighted by molar-refractivity contribution is 7.90. The molecule has 1 aliphatic heterocycles. The molecule has 1 fully saturated rings. The van der Waals surface area contributed by atoms with Crippen LogP contribution in [0.5, 0.6) is 0 Å². The molecule has 1 aromatic rings. The van der Waals surface area contributed by atoms with Gasteiger partial charge < -0.3 is 10.2 Å². The lowest BCUT2D eigenvalue weighted by Crippen LogP contribution is -2.58. The highest BCUT2D eigenvalue weighted by Gasteiger charge is 2.29. The number of sulfone groups is 1. The van der Waals surface area contributed by atoms with Crippen LogP contribution in [0.15, 0.2) is 29.2 Å². The third kappa shape index (κ3) is 3.37. The number of hydrogen-bond acceptors (Lipinski definition) is 4. The molecule has 6 heteroatoms. The molecule has 1 aromatic carbocycles. The molecule has 2 rings (SSSR count). The van der Waals surface area contributed by atoms with Gasteiger partial charge in [-0.05, 0) is 32.0 Å². The molecule has 1 heterocycles. The monoisotopic (exact) mass is 296 g/mol. The number of carbonyl (C=O) groups excluding carboxylic acids is 1. The Morgan fingerprint density at radius 3 is 2.65 bits per heavy atom. The van der Waals surface area contributed by atoms with Crippen LogP contribution in [0.1, 0.15) is 24.2 Å². The molecule has 1 N–H and O–H groups in total. The molecule has 0 atom stereocenters. The molecule has 0 radical (unpaired) electrons. The molecule has 0 saturated carbocycles. The standard InChI is InChI=1S/C14H20N2O3S/c1-14(2)10-16(8-7-15-14)13(17)11-5-4-6-12(9-11)20(3,18)19/h4-6,9,15H,7-8,10H2,1-3H3. The summed E-state index contributed by atoms with van der Waals surface area (Å²) in [6.07, 6.45) is 1.14. The second kappa shape index (κ2) is 5.18. The lowest BCUT2D eigenvalue weighted by molar-refractivity contribution is 0.0652. The first-order valence-electron chi connectivity index (χ1n) is 6.53. The lowest BCUT2D eigenvalue weighted by atomic mass is 10.0. The largest absolute Gasteiger partial charge is 0.336 e. The summed E-state index contributed by atoms with van der Waals surface area (Å²) in [5.41, 5.74) is 0.299. The van der Waals surface area contributed by atoms with Crippen LogP contribution in [-0.2, 0) is 9.84 Å². The highest BCUT2D eigenvalue weighted by Crippen LogP contribution is 2.16. The average Bonchev–Trinajstić information content (AvgIpc) is 2.36. The minimum atomic E-state index is -3.30. The van der Waals surface area contributed by atoms with E-state index in [1.165, 1.54) is 12.1 Å². The van der Waals surface area contributed by atoms with Gasteiger partial charge in [-0.15, -0.1) is 0 Å². The van der Waals surface area contributed by atoms with E-state index in [1.807, 2.05) is 13.8 Å². The Bertz CT molecular complexity index is 623. The van der Waals surface area contributed by atoms with Crippen LogP contribution in [0.4, 0.5) is 0 Å². The summed E-state index contributed by atoms with van der Waals surface area (Å²) < 4.78 is 23.1. The third-order valence-corrected chi connectivity index (χ3v) is 4.48. The van der Waals surface area contributed by atoms with Crippen molar-refractivity contribution in [1.29, 1.82) is 0 Å². The fourth-order valence-corrected chi connectivity index (χ4v) is 3.02. The molecule has 0 aromatic heterocycles. The predicted molar refractivity (Wildman–Crippen MR) is 77.5 cm³/mol. The Morgan fingerprint density at radius 1 is 1.35 bits per heavy atom. The zero-order valence-electron chi connectivity index (χ0n) is 12.0. The molecule has 1 aliphatic rings. The number of nitrogens with one attached hydrogen (secondary N) is 1. The molecule has 0 spiro atoms. The first-order valence-corrected chi connectivity index (χ1v) is 8.43. The molecule has 5 nitrogen and oxygen atoms in total. The van der Waals surface area contributed by atoms with Gasteiger partial charge in [-0.1, -0.05) is 6.07 Å². The van der Waals surface area contributed by atoms with Crippen molar-refractivity contribution in [3.8, 4) is 0 Å². The zero-order chi connectivity index (χ0) is 15.0. The fourth-order valence-electron chi connectivity index (χ4n) is 2.36. The Balaban J connectivity index is 2.26. The predicted octanol–water partition coefficient (Wildman–Crippen LogP) is 0.914. The number of rotatable bonds is 2. The summed E-state index contributed by atoms with van der Waals surface area (Å²) in [7, 11) is -3.30. The van der Waals surface area contributed by atoms with Gasteiger partial charge in [0, 0.05) is 37.0 Å².